The van der Waals surface area contributed by atoms with Crippen molar-refractivity contribution in [3.63, 3.8) is 0 Å². The molecule has 118 valence electrons. The molecule has 2 amide bonds. The molecule has 0 heterocycles. The highest BCUT2D eigenvalue weighted by molar-refractivity contribution is 6.34. The fourth-order valence-corrected chi connectivity index (χ4v) is 1.44. The number of ether oxygens (including phenoxy) is 3. The van der Waals surface area contributed by atoms with E-state index in [0.717, 1.165) is 0 Å². The van der Waals surface area contributed by atoms with E-state index < -0.39 is 17.8 Å². The molecule has 1 aromatic rings. The molecule has 0 spiro atoms. The fraction of sp³-hybridized carbons (Fsp3) is 0.231. The monoisotopic (exact) mass is 309 g/mol. The molecule has 0 atom stereocenters. The van der Waals surface area contributed by atoms with Crippen LogP contribution in [0.4, 0.5) is 0 Å². The molecule has 0 saturated carbocycles. The van der Waals surface area contributed by atoms with Gasteiger partial charge in [0.15, 0.2) is 11.5 Å². The van der Waals surface area contributed by atoms with Gasteiger partial charge in [-0.2, -0.15) is 5.10 Å². The first-order chi connectivity index (χ1) is 10.4. The molecule has 0 aliphatic heterocycles. The number of hydrazone groups is 1. The molecule has 3 N–H and O–H groups in total. The third-order valence-corrected chi connectivity index (χ3v) is 2.33. The maximum absolute atomic E-state index is 11.1. The summed E-state index contributed by atoms with van der Waals surface area (Å²) >= 11 is 0. The lowest BCUT2D eigenvalue weighted by atomic mass is 10.2. The molecular formula is C13H15N3O6. The largest absolute Gasteiger partial charge is 0.493 e. The van der Waals surface area contributed by atoms with Crippen LogP contribution in [0.5, 0.6) is 17.2 Å². The molecule has 0 radical (unpaired) electrons. The van der Waals surface area contributed by atoms with Gasteiger partial charge in [0.05, 0.1) is 20.4 Å². The number of methoxy groups -OCH3 is 2. The molecule has 9 nitrogen and oxygen atoms in total. The van der Waals surface area contributed by atoms with E-state index in [2.05, 4.69) is 5.10 Å². The summed E-state index contributed by atoms with van der Waals surface area (Å²) < 4.78 is 15.3. The van der Waals surface area contributed by atoms with Crippen LogP contribution in [0, 0.1) is 0 Å². The highest BCUT2D eigenvalue weighted by Crippen LogP contribution is 2.38. The lowest BCUT2D eigenvalue weighted by Crippen LogP contribution is -2.32. The molecule has 9 heteroatoms. The van der Waals surface area contributed by atoms with E-state index in [4.69, 9.17) is 19.9 Å². The van der Waals surface area contributed by atoms with Crippen molar-refractivity contribution in [3.05, 3.63) is 17.7 Å². The zero-order valence-corrected chi connectivity index (χ0v) is 12.2. The first kappa shape index (κ1) is 17.0. The van der Waals surface area contributed by atoms with E-state index >= 15 is 0 Å². The molecule has 0 saturated heterocycles. The number of benzene rings is 1. The highest BCUT2D eigenvalue weighted by atomic mass is 16.6. The van der Waals surface area contributed by atoms with E-state index in [1.54, 1.807) is 0 Å². The number of nitrogens with one attached hydrogen (secondary N) is 1. The third kappa shape index (κ3) is 4.47. The van der Waals surface area contributed by atoms with Gasteiger partial charge >= 0.3 is 17.8 Å². The molecule has 22 heavy (non-hydrogen) atoms. The van der Waals surface area contributed by atoms with Gasteiger partial charge in [-0.05, 0) is 12.1 Å². The summed E-state index contributed by atoms with van der Waals surface area (Å²) in [5.74, 6) is -2.15. The lowest BCUT2D eigenvalue weighted by Gasteiger charge is -2.13. The average molecular weight is 309 g/mol. The Morgan fingerprint density at radius 2 is 1.73 bits per heavy atom. The van der Waals surface area contributed by atoms with Gasteiger partial charge in [0, 0.05) is 12.5 Å². The number of carbonyl (C=O) groups is 3. The number of nitrogens with zero attached hydrogens (tertiary/aromatic N) is 1. The van der Waals surface area contributed by atoms with Crippen LogP contribution in [-0.4, -0.2) is 38.2 Å². The summed E-state index contributed by atoms with van der Waals surface area (Å²) in [6.45, 7) is 1.24. The van der Waals surface area contributed by atoms with Gasteiger partial charge in [0.25, 0.3) is 0 Å². The highest BCUT2D eigenvalue weighted by Gasteiger charge is 2.15. The van der Waals surface area contributed by atoms with E-state index in [-0.39, 0.29) is 17.2 Å². The van der Waals surface area contributed by atoms with Crippen LogP contribution in [0.2, 0.25) is 0 Å². The Morgan fingerprint density at radius 1 is 1.18 bits per heavy atom. The lowest BCUT2D eigenvalue weighted by molar-refractivity contribution is -0.137. The van der Waals surface area contributed by atoms with Crippen LogP contribution in [0.1, 0.15) is 12.5 Å². The summed E-state index contributed by atoms with van der Waals surface area (Å²) in [4.78, 5) is 32.6. The van der Waals surface area contributed by atoms with Crippen molar-refractivity contribution in [3.8, 4) is 17.2 Å². The predicted octanol–water partition coefficient (Wildman–Crippen LogP) is -0.435. The van der Waals surface area contributed by atoms with Crippen molar-refractivity contribution >= 4 is 24.0 Å². The Kier molecular flexibility index (Phi) is 5.87. The molecule has 0 aromatic heterocycles. The van der Waals surface area contributed by atoms with Gasteiger partial charge in [0.1, 0.15) is 0 Å². The summed E-state index contributed by atoms with van der Waals surface area (Å²) in [7, 11) is 2.77. The normalized spacial score (nSPS) is 10.1. The van der Waals surface area contributed by atoms with E-state index in [1.165, 1.54) is 39.5 Å². The minimum atomic E-state index is -1.16. The number of carbonyl (C=O) groups excluding carboxylic acids is 3. The summed E-state index contributed by atoms with van der Waals surface area (Å²) in [6.07, 6.45) is 1.24. The molecule has 0 fully saturated rings. The molecule has 0 aliphatic rings. The molecule has 0 aliphatic carbocycles. The maximum atomic E-state index is 11.1. The molecule has 1 rings (SSSR count). The molecular weight excluding hydrogens is 294 g/mol. The first-order valence-corrected chi connectivity index (χ1v) is 5.96. The van der Waals surface area contributed by atoms with Gasteiger partial charge in [0.2, 0.25) is 5.75 Å². The van der Waals surface area contributed by atoms with Crippen molar-refractivity contribution in [2.24, 2.45) is 10.8 Å². The van der Waals surface area contributed by atoms with Crippen molar-refractivity contribution in [2.75, 3.05) is 14.2 Å². The van der Waals surface area contributed by atoms with Gasteiger partial charge in [-0.15, -0.1) is 0 Å². The molecule has 0 bridgehead atoms. The second-order valence-corrected chi connectivity index (χ2v) is 3.91. The smallest absolute Gasteiger partial charge is 0.329 e. The number of hydrogen-bond acceptors (Lipinski definition) is 7. The van der Waals surface area contributed by atoms with Gasteiger partial charge < -0.3 is 19.9 Å². The molecule has 0 unspecified atom stereocenters. The SMILES string of the molecule is COc1cc(/C=N/NC(=O)C(N)=O)cc(OC)c1OC(C)=O. The van der Waals surface area contributed by atoms with Gasteiger partial charge in [-0.1, -0.05) is 0 Å². The fourth-order valence-electron chi connectivity index (χ4n) is 1.44. The third-order valence-electron chi connectivity index (χ3n) is 2.33. The standard InChI is InChI=1S/C13H15N3O6/c1-7(17)22-11-9(20-2)4-8(5-10(11)21-3)6-15-16-13(19)12(14)18/h4-6H,1-3H3,(H2,14,18)(H,16,19)/b15-6+. The second-order valence-electron chi connectivity index (χ2n) is 3.91. The zero-order valence-electron chi connectivity index (χ0n) is 12.2. The Labute approximate surface area is 126 Å². The maximum Gasteiger partial charge on any atom is 0.329 e. The van der Waals surface area contributed by atoms with Gasteiger partial charge in [-0.25, -0.2) is 5.43 Å². The van der Waals surface area contributed by atoms with Crippen LogP contribution in [-0.2, 0) is 14.4 Å². The Balaban J connectivity index is 3.07. The topological polar surface area (TPSA) is 129 Å². The van der Waals surface area contributed by atoms with Crippen LogP contribution in [0.3, 0.4) is 0 Å². The minimum Gasteiger partial charge on any atom is -0.493 e. The number of hydrogen-bond donors (Lipinski definition) is 2. The van der Waals surface area contributed by atoms with Gasteiger partial charge in [-0.3, -0.25) is 14.4 Å². The summed E-state index contributed by atoms with van der Waals surface area (Å²) in [5, 5.41) is 3.56. The quantitative estimate of drug-likeness (QED) is 0.249. The summed E-state index contributed by atoms with van der Waals surface area (Å²) in [5.41, 5.74) is 7.17. The second kappa shape index (κ2) is 7.62. The number of amides is 2. The Hall–Kier alpha value is -3.10. The van der Waals surface area contributed by atoms with Crippen molar-refractivity contribution in [1.29, 1.82) is 0 Å². The number of esters is 1. The van der Waals surface area contributed by atoms with Crippen LogP contribution in [0.15, 0.2) is 17.2 Å². The van der Waals surface area contributed by atoms with Crippen LogP contribution < -0.4 is 25.4 Å². The average Bonchev–Trinajstić information content (AvgIpc) is 2.47. The zero-order chi connectivity index (χ0) is 16.7. The van der Waals surface area contributed by atoms with Crippen molar-refractivity contribution in [1.82, 2.24) is 5.43 Å². The van der Waals surface area contributed by atoms with Crippen molar-refractivity contribution in [2.45, 2.75) is 6.92 Å². The minimum absolute atomic E-state index is 0.121. The number of rotatable bonds is 5. The van der Waals surface area contributed by atoms with Crippen LogP contribution >= 0.6 is 0 Å². The van der Waals surface area contributed by atoms with Crippen LogP contribution in [0.25, 0.3) is 0 Å². The van der Waals surface area contributed by atoms with E-state index in [1.807, 2.05) is 5.43 Å². The van der Waals surface area contributed by atoms with E-state index in [0.29, 0.717) is 5.56 Å². The number of nitrogens with two attached hydrogens (primary N) is 1. The first-order valence-electron chi connectivity index (χ1n) is 5.96. The Bertz CT molecular complexity index is 601. The predicted molar refractivity (Wildman–Crippen MR) is 75.8 cm³/mol. The summed E-state index contributed by atoms with van der Waals surface area (Å²) in [6, 6.07) is 3.00. The number of primary amides is 1. The van der Waals surface area contributed by atoms with Crippen molar-refractivity contribution < 1.29 is 28.6 Å². The Morgan fingerprint density at radius 3 is 2.14 bits per heavy atom. The molecule has 1 aromatic carbocycles. The van der Waals surface area contributed by atoms with E-state index in [9.17, 15) is 14.4 Å².